The minimum atomic E-state index is -1.92. The lowest BCUT2D eigenvalue weighted by atomic mass is 9.91. The van der Waals surface area contributed by atoms with Gasteiger partial charge in [-0.3, -0.25) is 67.6 Å². The van der Waals surface area contributed by atoms with Crippen LogP contribution in [-0.4, -0.2) is 283 Å². The molecule has 8 N–H and O–H groups in total. The van der Waals surface area contributed by atoms with Crippen LogP contribution >= 0.6 is 0 Å². The van der Waals surface area contributed by atoms with Gasteiger partial charge in [-0.15, -0.1) is 0 Å². The lowest BCUT2D eigenvalue weighted by molar-refractivity contribution is -0.157. The van der Waals surface area contributed by atoms with E-state index in [2.05, 4.69) is 31.9 Å². The monoisotopic (exact) mass is 1460 g/mol. The van der Waals surface area contributed by atoms with Crippen LogP contribution in [0.2, 0.25) is 0 Å². The van der Waals surface area contributed by atoms with Gasteiger partial charge in [0.2, 0.25) is 70.9 Å². The number of amides is 13. The molecule has 32 nitrogen and oxygen atoms in total. The Morgan fingerprint density at radius 1 is 0.495 bits per heavy atom. The fourth-order valence-electron chi connectivity index (χ4n) is 11.7. The van der Waals surface area contributed by atoms with E-state index in [0.717, 1.165) is 14.7 Å². The minimum absolute atomic E-state index is 0.0151. The number of likely N-dealkylation sites (N-methyl/N-ethyl adjacent to an activating group) is 7. The van der Waals surface area contributed by atoms with E-state index in [1.54, 1.807) is 67.5 Å². The van der Waals surface area contributed by atoms with Crippen LogP contribution in [0.4, 0.5) is 4.79 Å². The maximum atomic E-state index is 15.6. The van der Waals surface area contributed by atoms with Crippen LogP contribution in [0.5, 0.6) is 0 Å². The largest absolute Gasteiger partial charge is 0.481 e. The van der Waals surface area contributed by atoms with Gasteiger partial charge in [0.15, 0.2) is 0 Å². The van der Waals surface area contributed by atoms with Gasteiger partial charge >= 0.3 is 12.1 Å². The summed E-state index contributed by atoms with van der Waals surface area (Å²) < 4.78 is 16.3. The van der Waals surface area contributed by atoms with Crippen LogP contribution in [-0.2, 0) is 76.5 Å². The zero-order valence-electron chi connectivity index (χ0n) is 65.6. The maximum absolute atomic E-state index is 15.6. The zero-order chi connectivity index (χ0) is 79.4. The van der Waals surface area contributed by atoms with Crippen LogP contribution in [0.15, 0.2) is 12.2 Å². The molecule has 0 spiro atoms. The van der Waals surface area contributed by atoms with Crippen LogP contribution in [0.25, 0.3) is 0 Å². The quantitative estimate of drug-likeness (QED) is 0.0265. The van der Waals surface area contributed by atoms with Crippen molar-refractivity contribution in [2.24, 2.45) is 41.4 Å². The fourth-order valence-corrected chi connectivity index (χ4v) is 11.7. The van der Waals surface area contributed by atoms with Crippen molar-refractivity contribution in [3.05, 3.63) is 12.2 Å². The summed E-state index contributed by atoms with van der Waals surface area (Å²) in [6.07, 6.45) is -1.37. The third-order valence-corrected chi connectivity index (χ3v) is 17.9. The number of alkyl carbamates (subject to hydrolysis) is 1. The number of rotatable bonds is 26. The van der Waals surface area contributed by atoms with E-state index in [-0.39, 0.29) is 88.1 Å². The Kier molecular flexibility index (Phi) is 40.3. The van der Waals surface area contributed by atoms with Gasteiger partial charge in [-0.2, -0.15) is 0 Å². The number of aliphatic hydroxyl groups excluding tert-OH is 1. The third-order valence-electron chi connectivity index (χ3n) is 17.9. The van der Waals surface area contributed by atoms with Crippen LogP contribution < -0.4 is 31.9 Å². The number of carbonyl (C=O) groups excluding carboxylic acids is 13. The highest BCUT2D eigenvalue weighted by molar-refractivity contribution is 6.00. The Bertz CT molecular complexity index is 2890. The van der Waals surface area contributed by atoms with Gasteiger partial charge in [0, 0.05) is 49.3 Å². The second-order valence-electron chi connectivity index (χ2n) is 29.6. The van der Waals surface area contributed by atoms with Gasteiger partial charge in [-0.1, -0.05) is 102 Å². The number of aliphatic hydroxyl groups is 1. The van der Waals surface area contributed by atoms with Crippen molar-refractivity contribution in [3.8, 4) is 0 Å². The molecule has 0 radical (unpaired) electrons. The molecule has 0 aliphatic carbocycles. The molecule has 0 bridgehead atoms. The maximum Gasteiger partial charge on any atom is 0.409 e. The summed E-state index contributed by atoms with van der Waals surface area (Å²) in [5.41, 5.74) is 0. The molecule has 0 aromatic rings. The number of allylic oxidation sites excluding steroid dienone is 2. The van der Waals surface area contributed by atoms with E-state index < -0.39 is 187 Å². The average Bonchev–Trinajstić information content (AvgIpc) is 0.800. The molecule has 13 unspecified atom stereocenters. The number of ether oxygens (including phenoxy) is 3. The van der Waals surface area contributed by atoms with Gasteiger partial charge in [0.05, 0.1) is 25.9 Å². The first-order chi connectivity index (χ1) is 47.7. The van der Waals surface area contributed by atoms with Crippen molar-refractivity contribution in [3.63, 3.8) is 0 Å². The lowest BCUT2D eigenvalue weighted by Gasteiger charge is -2.41. The highest BCUT2D eigenvalue weighted by Crippen LogP contribution is 2.26. The molecule has 32 heteroatoms. The summed E-state index contributed by atoms with van der Waals surface area (Å²) in [5.74, 6) is -13.5. The number of hydrogen-bond donors (Lipinski definition) is 8. The van der Waals surface area contributed by atoms with Crippen molar-refractivity contribution in [2.45, 2.75) is 235 Å². The van der Waals surface area contributed by atoms with Crippen molar-refractivity contribution < 1.29 is 91.5 Å². The van der Waals surface area contributed by atoms with Crippen LogP contribution in [0, 0.1) is 41.4 Å². The average molecular weight is 1460 g/mol. The predicted octanol–water partition coefficient (Wildman–Crippen LogP) is 1.90. The highest BCUT2D eigenvalue weighted by Gasteiger charge is 2.46. The summed E-state index contributed by atoms with van der Waals surface area (Å²) in [7, 11) is 9.40. The molecule has 13 atom stereocenters. The molecule has 1 fully saturated rings. The number of carboxylic acids is 1. The third kappa shape index (κ3) is 29.9. The summed E-state index contributed by atoms with van der Waals surface area (Å²) >= 11 is 0. The molecular weight excluding hydrogens is 1340 g/mol. The van der Waals surface area contributed by atoms with Gasteiger partial charge in [0.25, 0.3) is 0 Å². The number of nitrogens with one attached hydrogen (secondary N) is 6. The molecule has 1 aliphatic heterocycles. The number of carbonyl (C=O) groups is 14. The van der Waals surface area contributed by atoms with Crippen molar-refractivity contribution in [2.75, 3.05) is 82.6 Å². The van der Waals surface area contributed by atoms with Gasteiger partial charge in [0.1, 0.15) is 86.4 Å². The van der Waals surface area contributed by atoms with E-state index in [4.69, 9.17) is 19.3 Å². The molecule has 0 saturated carbocycles. The summed E-state index contributed by atoms with van der Waals surface area (Å²) in [6, 6.07) is -14.0. The van der Waals surface area contributed by atoms with E-state index in [9.17, 15) is 48.3 Å². The lowest BCUT2D eigenvalue weighted by Crippen LogP contribution is -2.64. The minimum Gasteiger partial charge on any atom is -0.481 e. The molecule has 1 heterocycles. The first kappa shape index (κ1) is 93.0. The van der Waals surface area contributed by atoms with Crippen molar-refractivity contribution in [1.29, 1.82) is 0 Å². The molecule has 13 amide bonds. The van der Waals surface area contributed by atoms with Gasteiger partial charge in [-0.25, -0.2) is 4.79 Å². The number of hydrogen-bond acceptors (Lipinski definition) is 18. The van der Waals surface area contributed by atoms with E-state index >= 15 is 24.0 Å². The molecule has 588 valence electrons. The van der Waals surface area contributed by atoms with Gasteiger partial charge < -0.3 is 85.3 Å². The van der Waals surface area contributed by atoms with Crippen molar-refractivity contribution >= 4 is 82.9 Å². The normalized spacial score (nSPS) is 24.4. The second-order valence-corrected chi connectivity index (χ2v) is 29.6. The van der Waals surface area contributed by atoms with E-state index in [1.165, 1.54) is 89.7 Å². The van der Waals surface area contributed by atoms with Gasteiger partial charge in [-0.05, 0) is 108 Å². The fraction of sp³-hybridized carbons (Fsp3) is 0.775. The van der Waals surface area contributed by atoms with Crippen molar-refractivity contribution in [1.82, 2.24) is 66.2 Å². The Morgan fingerprint density at radius 3 is 1.34 bits per heavy atom. The van der Waals surface area contributed by atoms with Crippen LogP contribution in [0.3, 0.4) is 0 Å². The molecule has 0 aromatic carbocycles. The molecular formula is C71H125N13O19. The Hall–Kier alpha value is -8.00. The highest BCUT2D eigenvalue weighted by atomic mass is 16.6. The predicted molar refractivity (Wildman–Crippen MR) is 384 cm³/mol. The van der Waals surface area contributed by atoms with Crippen LogP contribution in [0.1, 0.15) is 163 Å². The summed E-state index contributed by atoms with van der Waals surface area (Å²) in [6.45, 7) is 27.1. The summed E-state index contributed by atoms with van der Waals surface area (Å²) in [5, 5.41) is 36.6. The topological polar surface area (TPSA) is 402 Å². The zero-order valence-corrected chi connectivity index (χ0v) is 65.6. The molecule has 1 saturated heterocycles. The number of carboxylic acid groups (broad SMARTS) is 1. The first-order valence-electron chi connectivity index (χ1n) is 35.7. The Labute approximate surface area is 609 Å². The smallest absolute Gasteiger partial charge is 0.409 e. The first-order valence-corrected chi connectivity index (χ1v) is 35.7. The number of nitrogens with zero attached hydrogens (tertiary/aromatic N) is 7. The van der Waals surface area contributed by atoms with E-state index in [1.807, 2.05) is 41.5 Å². The van der Waals surface area contributed by atoms with E-state index in [0.29, 0.717) is 0 Å². The molecule has 1 rings (SSSR count). The SMILES string of the molecule is C/C=C/CC(C)C(O)C1C(=O)NC(C(C)OC(=O)NCOCCOCNC(=O)CC(=O)O)C(=O)N(C)CC(=O)N(C)C(CC(C)C)C(=O)NC(C(C)C)C(=O)N(C)C(CC(C)C)C(=O)NC(C)C(=O)NC(C)C(=O)N(C)C(CC(C)C)C(=O)N(C)C(CC(C)C)C(=O)N(C)C(CC(C)C)C(=O)N1C. The Morgan fingerprint density at radius 2 is 0.893 bits per heavy atom. The Balaban J connectivity index is 4.48. The second kappa shape index (κ2) is 44.6. The summed E-state index contributed by atoms with van der Waals surface area (Å²) in [4.78, 5) is 208. The molecule has 1 aliphatic rings. The molecule has 0 aromatic heterocycles. The molecule has 103 heavy (non-hydrogen) atoms. The standard InChI is InChI=1S/C71H125N13O19/c1-25-26-27-45(14)60(89)59-64(93)77-58(48(17)103-71(100)73-38-102-29-28-101-37-72-54(85)35-56(87)88)69(98)78(18)36-55(86)79(19)49(30-39(2)3)63(92)76-57(44(12)13)70(99)80(20)50(31-40(4)5)62(91)74-46(15)61(90)75-47(16)65(94)81(21)51(32-41(6)7)66(95)82(22)52(33-42(8)9)67(96)83(23)53(34-43(10)11)68(97)84(59)24/h25-26,39-53,57-60,89H,27-38H2,1-24H3,(H,72,85)(H,73,100)(H,74,91)(H,75,90)(H,76,92)(H,77,93)(H,87,88)/b26-25+. The number of aliphatic carboxylic acids is 1.